The summed E-state index contributed by atoms with van der Waals surface area (Å²) >= 11 is 5.79. The Morgan fingerprint density at radius 2 is 2.18 bits per heavy atom. The molecular weight excluding hydrogens is 260 g/mol. The molecule has 0 spiro atoms. The molecule has 0 aliphatic carbocycles. The second-order valence-corrected chi connectivity index (χ2v) is 5.75. The Bertz CT molecular complexity index is 449. The van der Waals surface area contributed by atoms with Crippen molar-refractivity contribution in [2.24, 2.45) is 0 Å². The van der Waals surface area contributed by atoms with Crippen LogP contribution >= 0.6 is 11.6 Å². The number of carbonyl (C=O) groups excluding carboxylic acids is 1. The molecule has 6 heteroatoms. The fraction of sp³-hybridized carbons (Fsp3) is 0.364. The van der Waals surface area contributed by atoms with Gasteiger partial charge in [-0.2, -0.15) is 0 Å². The molecule has 0 aromatic heterocycles. The maximum Gasteiger partial charge on any atom is 0.233 e. The van der Waals surface area contributed by atoms with Crippen LogP contribution in [0.15, 0.2) is 23.1 Å². The van der Waals surface area contributed by atoms with Crippen LogP contribution in [-0.4, -0.2) is 21.9 Å². The number of amides is 1. The minimum atomic E-state index is -1.47. The summed E-state index contributed by atoms with van der Waals surface area (Å²) in [6.07, 6.45) is 0. The highest BCUT2D eigenvalue weighted by Gasteiger charge is 2.13. The first kappa shape index (κ1) is 14.0. The lowest BCUT2D eigenvalue weighted by atomic mass is 10.3. The van der Waals surface area contributed by atoms with Crippen molar-refractivity contribution in [1.29, 1.82) is 0 Å². The molecule has 94 valence electrons. The zero-order valence-electron chi connectivity index (χ0n) is 9.70. The third-order valence-corrected chi connectivity index (χ3v) is 3.54. The van der Waals surface area contributed by atoms with Gasteiger partial charge in [0.15, 0.2) is 0 Å². The van der Waals surface area contributed by atoms with Crippen LogP contribution in [0.1, 0.15) is 13.8 Å². The summed E-state index contributed by atoms with van der Waals surface area (Å²) in [6, 6.07) is 4.74. The standard InChI is InChI=1S/C11H15ClN2O2S/c1-7(2)14-11(15)6-17(16)10-5-8(12)3-4-9(10)13/h3-5,7H,6,13H2,1-2H3,(H,14,15). The molecule has 0 aliphatic rings. The van der Waals surface area contributed by atoms with Crippen LogP contribution in [0, 0.1) is 0 Å². The summed E-state index contributed by atoms with van der Waals surface area (Å²) in [6.45, 7) is 3.68. The molecule has 17 heavy (non-hydrogen) atoms. The summed E-state index contributed by atoms with van der Waals surface area (Å²) in [5, 5.41) is 3.12. The molecule has 3 N–H and O–H groups in total. The summed E-state index contributed by atoms with van der Waals surface area (Å²) in [7, 11) is -1.47. The van der Waals surface area contributed by atoms with Gasteiger partial charge in [-0.25, -0.2) is 0 Å². The van der Waals surface area contributed by atoms with Crippen molar-refractivity contribution in [2.45, 2.75) is 24.8 Å². The summed E-state index contributed by atoms with van der Waals surface area (Å²) < 4.78 is 11.9. The van der Waals surface area contributed by atoms with Crippen molar-refractivity contribution in [2.75, 3.05) is 11.5 Å². The van der Waals surface area contributed by atoms with Crippen molar-refractivity contribution in [3.63, 3.8) is 0 Å². The van der Waals surface area contributed by atoms with E-state index in [1.165, 1.54) is 6.07 Å². The van der Waals surface area contributed by atoms with E-state index in [1.807, 2.05) is 13.8 Å². The third kappa shape index (κ3) is 4.36. The van der Waals surface area contributed by atoms with Gasteiger partial charge in [-0.15, -0.1) is 0 Å². The zero-order valence-corrected chi connectivity index (χ0v) is 11.3. The third-order valence-electron chi connectivity index (χ3n) is 1.93. The maximum absolute atomic E-state index is 11.9. The normalized spacial score (nSPS) is 12.5. The molecule has 1 aromatic carbocycles. The van der Waals surface area contributed by atoms with Crippen LogP contribution in [-0.2, 0) is 15.6 Å². The van der Waals surface area contributed by atoms with Crippen LogP contribution in [0.3, 0.4) is 0 Å². The molecule has 4 nitrogen and oxygen atoms in total. The van der Waals surface area contributed by atoms with Crippen LogP contribution in [0.4, 0.5) is 5.69 Å². The molecule has 1 aromatic rings. The molecule has 0 saturated heterocycles. The van der Waals surface area contributed by atoms with Crippen LogP contribution < -0.4 is 11.1 Å². The van der Waals surface area contributed by atoms with Gasteiger partial charge < -0.3 is 11.1 Å². The molecule has 0 fully saturated rings. The summed E-state index contributed by atoms with van der Waals surface area (Å²) in [5.74, 6) is -0.374. The van der Waals surface area contributed by atoms with Crippen molar-refractivity contribution < 1.29 is 9.00 Å². The average Bonchev–Trinajstić information content (AvgIpc) is 2.20. The van der Waals surface area contributed by atoms with E-state index in [0.717, 1.165) is 0 Å². The van der Waals surface area contributed by atoms with E-state index in [1.54, 1.807) is 12.1 Å². The Hall–Kier alpha value is -1.07. The number of benzene rings is 1. The van der Waals surface area contributed by atoms with Crippen molar-refractivity contribution in [1.82, 2.24) is 5.32 Å². The number of hydrogen-bond acceptors (Lipinski definition) is 3. The maximum atomic E-state index is 11.9. The van der Waals surface area contributed by atoms with E-state index < -0.39 is 10.8 Å². The van der Waals surface area contributed by atoms with E-state index in [2.05, 4.69) is 5.32 Å². The first-order valence-corrected chi connectivity index (χ1v) is 6.82. The Labute approximate surface area is 108 Å². The molecule has 1 rings (SSSR count). The highest BCUT2D eigenvalue weighted by Crippen LogP contribution is 2.21. The van der Waals surface area contributed by atoms with E-state index in [9.17, 15) is 9.00 Å². The summed E-state index contributed by atoms with van der Waals surface area (Å²) in [4.78, 5) is 11.9. The van der Waals surface area contributed by atoms with Crippen molar-refractivity contribution in [3.8, 4) is 0 Å². The van der Waals surface area contributed by atoms with Gasteiger partial charge in [-0.05, 0) is 32.0 Å². The largest absolute Gasteiger partial charge is 0.398 e. The molecule has 0 aliphatic heterocycles. The van der Waals surface area contributed by atoms with Gasteiger partial charge >= 0.3 is 0 Å². The highest BCUT2D eigenvalue weighted by atomic mass is 35.5. The number of hydrogen-bond donors (Lipinski definition) is 2. The smallest absolute Gasteiger partial charge is 0.233 e. The minimum Gasteiger partial charge on any atom is -0.398 e. The number of nitrogens with two attached hydrogens (primary N) is 1. The lowest BCUT2D eigenvalue weighted by Crippen LogP contribution is -2.33. The number of nitrogen functional groups attached to an aromatic ring is 1. The van der Waals surface area contributed by atoms with E-state index in [0.29, 0.717) is 15.6 Å². The number of halogens is 1. The molecule has 0 radical (unpaired) electrons. The predicted molar refractivity (Wildman–Crippen MR) is 70.4 cm³/mol. The van der Waals surface area contributed by atoms with E-state index in [4.69, 9.17) is 17.3 Å². The number of rotatable bonds is 4. The molecule has 0 heterocycles. The quantitative estimate of drug-likeness (QED) is 0.819. The number of anilines is 1. The van der Waals surface area contributed by atoms with Crippen molar-refractivity contribution in [3.05, 3.63) is 23.2 Å². The highest BCUT2D eigenvalue weighted by molar-refractivity contribution is 7.86. The van der Waals surface area contributed by atoms with Gasteiger partial charge in [0.2, 0.25) is 5.91 Å². The van der Waals surface area contributed by atoms with E-state index in [-0.39, 0.29) is 17.7 Å². The van der Waals surface area contributed by atoms with Gasteiger partial charge in [0, 0.05) is 16.8 Å². The van der Waals surface area contributed by atoms with Gasteiger partial charge in [0.25, 0.3) is 0 Å². The number of carbonyl (C=O) groups is 1. The van der Waals surface area contributed by atoms with Crippen LogP contribution in [0.5, 0.6) is 0 Å². The lowest BCUT2D eigenvalue weighted by Gasteiger charge is -2.09. The Morgan fingerprint density at radius 1 is 1.53 bits per heavy atom. The van der Waals surface area contributed by atoms with Crippen LogP contribution in [0.25, 0.3) is 0 Å². The van der Waals surface area contributed by atoms with Gasteiger partial charge in [0.1, 0.15) is 5.75 Å². The fourth-order valence-corrected chi connectivity index (χ4v) is 2.57. The molecule has 0 bridgehead atoms. The topological polar surface area (TPSA) is 72.2 Å². The monoisotopic (exact) mass is 274 g/mol. The predicted octanol–water partition coefficient (Wildman–Crippen LogP) is 1.55. The zero-order chi connectivity index (χ0) is 13.0. The molecule has 1 atom stereocenters. The molecule has 1 amide bonds. The first-order chi connectivity index (χ1) is 7.90. The summed E-state index contributed by atoms with van der Waals surface area (Å²) in [5.41, 5.74) is 6.06. The second kappa shape index (κ2) is 6.02. The molecular formula is C11H15ClN2O2S. The molecule has 0 saturated carbocycles. The Balaban J connectivity index is 2.76. The Kier molecular flexibility index (Phi) is 4.96. The fourth-order valence-electron chi connectivity index (χ4n) is 1.27. The molecule has 1 unspecified atom stereocenters. The lowest BCUT2D eigenvalue weighted by molar-refractivity contribution is -0.119. The first-order valence-electron chi connectivity index (χ1n) is 5.13. The van der Waals surface area contributed by atoms with Gasteiger partial charge in [-0.3, -0.25) is 9.00 Å². The second-order valence-electron chi connectivity index (χ2n) is 3.89. The van der Waals surface area contributed by atoms with Crippen molar-refractivity contribution >= 4 is 34.0 Å². The average molecular weight is 275 g/mol. The minimum absolute atomic E-state index is 0.0243. The SMILES string of the molecule is CC(C)NC(=O)CS(=O)c1cc(Cl)ccc1N. The van der Waals surface area contributed by atoms with Gasteiger partial charge in [0.05, 0.1) is 15.7 Å². The Morgan fingerprint density at radius 3 is 2.76 bits per heavy atom. The van der Waals surface area contributed by atoms with Gasteiger partial charge in [-0.1, -0.05) is 11.6 Å². The van der Waals surface area contributed by atoms with Crippen LogP contribution in [0.2, 0.25) is 5.02 Å². The van der Waals surface area contributed by atoms with E-state index >= 15 is 0 Å². The number of nitrogens with one attached hydrogen (secondary N) is 1.